The van der Waals surface area contributed by atoms with Gasteiger partial charge in [-0.15, -0.1) is 0 Å². The Morgan fingerprint density at radius 3 is 1.75 bits per heavy atom. The van der Waals surface area contributed by atoms with E-state index in [2.05, 4.69) is 53.5 Å². The van der Waals surface area contributed by atoms with E-state index in [4.69, 9.17) is 0 Å². The lowest BCUT2D eigenvalue weighted by molar-refractivity contribution is 1.12. The van der Waals surface area contributed by atoms with Crippen LogP contribution >= 0.6 is 0 Å². The molecule has 0 atom stereocenters. The van der Waals surface area contributed by atoms with Gasteiger partial charge >= 0.3 is 0 Å². The molecule has 0 radical (unpaired) electrons. The van der Waals surface area contributed by atoms with E-state index in [0.29, 0.717) is 5.56 Å². The molecule has 0 amide bonds. The Bertz CT molecular complexity index is 1150. The van der Waals surface area contributed by atoms with Gasteiger partial charge in [-0.05, 0) is 65.9 Å². The first-order chi connectivity index (χ1) is 13.7. The highest BCUT2D eigenvalue weighted by atomic mass is 14.7. The molecule has 4 rings (SSSR count). The highest BCUT2D eigenvalue weighted by Crippen LogP contribution is 2.38. The Labute approximate surface area is 165 Å². The Balaban J connectivity index is 2.04. The summed E-state index contributed by atoms with van der Waals surface area (Å²) in [4.78, 5) is 4.48. The van der Waals surface area contributed by atoms with Gasteiger partial charge < -0.3 is 0 Å². The van der Waals surface area contributed by atoms with Crippen LogP contribution in [0, 0.1) is 25.2 Å². The Hall–Kier alpha value is -3.70. The molecule has 1 aromatic heterocycles. The van der Waals surface area contributed by atoms with Gasteiger partial charge in [0.1, 0.15) is 0 Å². The number of aryl methyl sites for hydroxylation is 2. The van der Waals surface area contributed by atoms with Crippen molar-refractivity contribution in [1.82, 2.24) is 4.98 Å². The molecule has 0 aliphatic carbocycles. The molecular formula is C26H20N2. The van der Waals surface area contributed by atoms with Crippen LogP contribution in [0.4, 0.5) is 0 Å². The summed E-state index contributed by atoms with van der Waals surface area (Å²) in [6.45, 7) is 4.00. The van der Waals surface area contributed by atoms with E-state index in [1.165, 1.54) is 0 Å². The van der Waals surface area contributed by atoms with Crippen molar-refractivity contribution >= 4 is 0 Å². The van der Waals surface area contributed by atoms with Gasteiger partial charge in [0.25, 0.3) is 0 Å². The minimum atomic E-state index is 0.676. The van der Waals surface area contributed by atoms with E-state index in [1.54, 1.807) is 0 Å². The van der Waals surface area contributed by atoms with Crippen LogP contribution in [0.5, 0.6) is 0 Å². The van der Waals surface area contributed by atoms with Crippen molar-refractivity contribution in [3.8, 4) is 39.4 Å². The summed E-state index contributed by atoms with van der Waals surface area (Å²) in [7, 11) is 0. The number of rotatable bonds is 3. The summed E-state index contributed by atoms with van der Waals surface area (Å²) in [5.74, 6) is 0. The summed E-state index contributed by atoms with van der Waals surface area (Å²) in [6, 6.07) is 31.1. The zero-order chi connectivity index (χ0) is 19.5. The SMILES string of the molecule is Cc1cc(-c2cc(C#N)c(-c3ccccc3)c(-c3ccccc3)c2)cc(C)n1. The van der Waals surface area contributed by atoms with Crippen LogP contribution in [-0.2, 0) is 0 Å². The maximum Gasteiger partial charge on any atom is 0.0998 e. The van der Waals surface area contributed by atoms with Crippen LogP contribution in [0.25, 0.3) is 33.4 Å². The Morgan fingerprint density at radius 1 is 0.643 bits per heavy atom. The fourth-order valence-electron chi connectivity index (χ4n) is 3.66. The molecule has 3 aromatic carbocycles. The van der Waals surface area contributed by atoms with E-state index < -0.39 is 0 Å². The minimum Gasteiger partial charge on any atom is -0.258 e. The first-order valence-corrected chi connectivity index (χ1v) is 9.30. The lowest BCUT2D eigenvalue weighted by Gasteiger charge is -2.16. The highest BCUT2D eigenvalue weighted by Gasteiger charge is 2.15. The fourth-order valence-corrected chi connectivity index (χ4v) is 3.66. The second kappa shape index (κ2) is 7.50. The summed E-state index contributed by atoms with van der Waals surface area (Å²) in [5.41, 5.74) is 8.92. The molecule has 0 saturated heterocycles. The van der Waals surface area contributed by atoms with E-state index in [-0.39, 0.29) is 0 Å². The van der Waals surface area contributed by atoms with Crippen molar-refractivity contribution < 1.29 is 0 Å². The first kappa shape index (κ1) is 17.7. The molecule has 2 nitrogen and oxygen atoms in total. The molecule has 0 aliphatic rings. The van der Waals surface area contributed by atoms with Crippen LogP contribution in [0.2, 0.25) is 0 Å². The smallest absolute Gasteiger partial charge is 0.0998 e. The maximum atomic E-state index is 9.97. The second-order valence-electron chi connectivity index (χ2n) is 6.93. The summed E-state index contributed by atoms with van der Waals surface area (Å²) in [6.07, 6.45) is 0. The summed E-state index contributed by atoms with van der Waals surface area (Å²) in [5, 5.41) is 9.97. The second-order valence-corrected chi connectivity index (χ2v) is 6.93. The molecular weight excluding hydrogens is 340 g/mol. The molecule has 4 aromatic rings. The zero-order valence-electron chi connectivity index (χ0n) is 16.0. The molecule has 0 spiro atoms. The average Bonchev–Trinajstić information content (AvgIpc) is 2.73. The average molecular weight is 360 g/mol. The monoisotopic (exact) mass is 360 g/mol. The molecule has 0 bridgehead atoms. The van der Waals surface area contributed by atoms with Gasteiger partial charge in [0.05, 0.1) is 11.6 Å². The molecule has 134 valence electrons. The van der Waals surface area contributed by atoms with Gasteiger partial charge in [-0.1, -0.05) is 60.7 Å². The van der Waals surface area contributed by atoms with Crippen LogP contribution in [-0.4, -0.2) is 4.98 Å². The van der Waals surface area contributed by atoms with E-state index >= 15 is 0 Å². The predicted octanol–water partition coefficient (Wildman–Crippen LogP) is 6.57. The van der Waals surface area contributed by atoms with Crippen LogP contribution < -0.4 is 0 Å². The zero-order valence-corrected chi connectivity index (χ0v) is 16.0. The normalized spacial score (nSPS) is 10.5. The van der Waals surface area contributed by atoms with Gasteiger partial charge in [0.15, 0.2) is 0 Å². The molecule has 0 N–H and O–H groups in total. The van der Waals surface area contributed by atoms with Gasteiger partial charge in [0, 0.05) is 17.0 Å². The number of hydrogen-bond acceptors (Lipinski definition) is 2. The van der Waals surface area contributed by atoms with Crippen LogP contribution in [0.15, 0.2) is 84.9 Å². The molecule has 0 aliphatic heterocycles. The lowest BCUT2D eigenvalue weighted by Crippen LogP contribution is -1.94. The van der Waals surface area contributed by atoms with Crippen molar-refractivity contribution in [3.63, 3.8) is 0 Å². The predicted molar refractivity (Wildman–Crippen MR) is 115 cm³/mol. The van der Waals surface area contributed by atoms with Gasteiger partial charge in [-0.2, -0.15) is 5.26 Å². The topological polar surface area (TPSA) is 36.7 Å². The van der Waals surface area contributed by atoms with E-state index in [9.17, 15) is 5.26 Å². The van der Waals surface area contributed by atoms with E-state index in [0.717, 1.165) is 44.8 Å². The number of benzene rings is 3. The Kier molecular flexibility index (Phi) is 4.74. The first-order valence-electron chi connectivity index (χ1n) is 9.30. The molecule has 0 saturated carbocycles. The van der Waals surface area contributed by atoms with Gasteiger partial charge in [-0.25, -0.2) is 0 Å². The van der Waals surface area contributed by atoms with Crippen molar-refractivity contribution in [2.45, 2.75) is 13.8 Å². The van der Waals surface area contributed by atoms with Crippen molar-refractivity contribution in [2.24, 2.45) is 0 Å². The van der Waals surface area contributed by atoms with Gasteiger partial charge in [0.2, 0.25) is 0 Å². The maximum absolute atomic E-state index is 9.97. The van der Waals surface area contributed by atoms with Gasteiger partial charge in [-0.3, -0.25) is 4.98 Å². The summed E-state index contributed by atoms with van der Waals surface area (Å²) < 4.78 is 0. The standard InChI is InChI=1S/C26H20N2/c1-18-13-22(14-19(2)28-18)23-15-24(17-27)26(21-11-7-4-8-12-21)25(16-23)20-9-5-3-6-10-20/h3-16H,1-2H3. The largest absolute Gasteiger partial charge is 0.258 e. The number of nitriles is 1. The fraction of sp³-hybridized carbons (Fsp3) is 0.0769. The Morgan fingerprint density at radius 2 is 1.18 bits per heavy atom. The van der Waals surface area contributed by atoms with Crippen molar-refractivity contribution in [3.05, 3.63) is 102 Å². The lowest BCUT2D eigenvalue weighted by atomic mass is 9.87. The number of aromatic nitrogens is 1. The third-order valence-corrected chi connectivity index (χ3v) is 4.82. The van der Waals surface area contributed by atoms with Crippen LogP contribution in [0.1, 0.15) is 17.0 Å². The third-order valence-electron chi connectivity index (χ3n) is 4.82. The van der Waals surface area contributed by atoms with Crippen molar-refractivity contribution in [2.75, 3.05) is 0 Å². The minimum absolute atomic E-state index is 0.676. The highest BCUT2D eigenvalue weighted by molar-refractivity contribution is 5.91. The quantitative estimate of drug-likeness (QED) is 0.414. The molecule has 28 heavy (non-hydrogen) atoms. The molecule has 2 heteroatoms. The summed E-state index contributed by atoms with van der Waals surface area (Å²) >= 11 is 0. The molecule has 1 heterocycles. The number of hydrogen-bond donors (Lipinski definition) is 0. The molecule has 0 unspecified atom stereocenters. The van der Waals surface area contributed by atoms with Crippen LogP contribution in [0.3, 0.4) is 0 Å². The van der Waals surface area contributed by atoms with E-state index in [1.807, 2.05) is 56.3 Å². The third kappa shape index (κ3) is 3.43. The number of pyridine rings is 1. The number of nitrogens with zero attached hydrogens (tertiary/aromatic N) is 2. The molecule has 0 fully saturated rings. The van der Waals surface area contributed by atoms with Crippen molar-refractivity contribution in [1.29, 1.82) is 5.26 Å².